The molecular formula is C26H24N4O3. The molecule has 0 aliphatic heterocycles. The van der Waals surface area contributed by atoms with E-state index in [0.29, 0.717) is 30.0 Å². The van der Waals surface area contributed by atoms with Crippen LogP contribution < -0.4 is 15.4 Å². The third kappa shape index (κ3) is 5.65. The Labute approximate surface area is 192 Å². The van der Waals surface area contributed by atoms with E-state index in [2.05, 4.69) is 15.6 Å². The topological polar surface area (TPSA) is 85.3 Å². The van der Waals surface area contributed by atoms with E-state index in [0.717, 1.165) is 11.3 Å². The second-order valence-corrected chi connectivity index (χ2v) is 7.35. The van der Waals surface area contributed by atoms with Gasteiger partial charge in [0, 0.05) is 49.5 Å². The van der Waals surface area contributed by atoms with Gasteiger partial charge in [-0.2, -0.15) is 0 Å². The van der Waals surface area contributed by atoms with Crippen molar-refractivity contribution in [2.45, 2.75) is 6.42 Å². The summed E-state index contributed by atoms with van der Waals surface area (Å²) in [5.41, 5.74) is 2.93. The monoisotopic (exact) mass is 440 g/mol. The summed E-state index contributed by atoms with van der Waals surface area (Å²) in [6, 6.07) is 22.3. The lowest BCUT2D eigenvalue weighted by molar-refractivity contribution is 0.0947. The highest BCUT2D eigenvalue weighted by Gasteiger charge is 2.08. The lowest BCUT2D eigenvalue weighted by atomic mass is 10.1. The van der Waals surface area contributed by atoms with E-state index < -0.39 is 0 Å². The highest BCUT2D eigenvalue weighted by Crippen LogP contribution is 2.22. The van der Waals surface area contributed by atoms with Gasteiger partial charge in [-0.25, -0.2) is 0 Å². The summed E-state index contributed by atoms with van der Waals surface area (Å²) in [6.07, 6.45) is 6.11. The molecule has 0 aliphatic rings. The number of carbonyl (C=O) groups excluding carboxylic acids is 2. The Morgan fingerprint density at radius 3 is 2.42 bits per heavy atom. The van der Waals surface area contributed by atoms with Gasteiger partial charge < -0.3 is 19.9 Å². The van der Waals surface area contributed by atoms with Gasteiger partial charge in [-0.15, -0.1) is 0 Å². The Hall–Kier alpha value is -4.39. The zero-order valence-corrected chi connectivity index (χ0v) is 18.2. The van der Waals surface area contributed by atoms with Gasteiger partial charge in [0.05, 0.1) is 0 Å². The van der Waals surface area contributed by atoms with Crippen LogP contribution in [0, 0.1) is 0 Å². The summed E-state index contributed by atoms with van der Waals surface area (Å²) in [6.45, 7) is 0.498. The quantitative estimate of drug-likeness (QED) is 0.434. The molecule has 4 rings (SSSR count). The smallest absolute Gasteiger partial charge is 0.269 e. The minimum absolute atomic E-state index is 0.111. The molecular weight excluding hydrogens is 416 g/mol. The SMILES string of the molecule is CNC(=O)c1cc(Oc2cccc(CCNC(=O)c3ccc(-n4cccc4)cc3)c2)ccn1. The van der Waals surface area contributed by atoms with Gasteiger partial charge in [-0.3, -0.25) is 14.6 Å². The molecule has 2 aromatic carbocycles. The molecule has 7 nitrogen and oxygen atoms in total. The fourth-order valence-corrected chi connectivity index (χ4v) is 3.34. The van der Waals surface area contributed by atoms with Crippen molar-refractivity contribution in [3.8, 4) is 17.2 Å². The molecule has 0 unspecified atom stereocenters. The average molecular weight is 441 g/mol. The molecule has 33 heavy (non-hydrogen) atoms. The third-order valence-electron chi connectivity index (χ3n) is 5.06. The minimum Gasteiger partial charge on any atom is -0.457 e. The molecule has 2 N–H and O–H groups in total. The number of hydrogen-bond donors (Lipinski definition) is 2. The number of aromatic nitrogens is 2. The second-order valence-electron chi connectivity index (χ2n) is 7.35. The maximum atomic E-state index is 12.5. The highest BCUT2D eigenvalue weighted by atomic mass is 16.5. The van der Waals surface area contributed by atoms with Crippen molar-refractivity contribution in [1.29, 1.82) is 0 Å². The summed E-state index contributed by atoms with van der Waals surface area (Å²) >= 11 is 0. The maximum Gasteiger partial charge on any atom is 0.269 e. The fourth-order valence-electron chi connectivity index (χ4n) is 3.34. The van der Waals surface area contributed by atoms with Crippen LogP contribution in [0.15, 0.2) is 91.4 Å². The highest BCUT2D eigenvalue weighted by molar-refractivity contribution is 5.94. The summed E-state index contributed by atoms with van der Waals surface area (Å²) in [5, 5.41) is 5.50. The minimum atomic E-state index is -0.274. The van der Waals surface area contributed by atoms with Crippen LogP contribution in [0.1, 0.15) is 26.4 Å². The van der Waals surface area contributed by atoms with Crippen LogP contribution in [0.25, 0.3) is 5.69 Å². The number of benzene rings is 2. The van der Waals surface area contributed by atoms with E-state index >= 15 is 0 Å². The van der Waals surface area contributed by atoms with Crippen LogP contribution in [-0.2, 0) is 6.42 Å². The first-order valence-corrected chi connectivity index (χ1v) is 10.6. The number of nitrogens with one attached hydrogen (secondary N) is 2. The second kappa shape index (κ2) is 10.3. The fraction of sp³-hybridized carbons (Fsp3) is 0.115. The molecule has 2 amide bonds. The molecule has 2 heterocycles. The first-order chi connectivity index (χ1) is 16.1. The Morgan fingerprint density at radius 2 is 1.67 bits per heavy atom. The number of nitrogens with zero attached hydrogens (tertiary/aromatic N) is 2. The van der Waals surface area contributed by atoms with Crippen molar-refractivity contribution >= 4 is 11.8 Å². The third-order valence-corrected chi connectivity index (χ3v) is 5.06. The van der Waals surface area contributed by atoms with Crippen LogP contribution in [0.4, 0.5) is 0 Å². The van der Waals surface area contributed by atoms with Gasteiger partial charge in [-0.05, 0) is 66.6 Å². The number of hydrogen-bond acceptors (Lipinski definition) is 4. The van der Waals surface area contributed by atoms with Gasteiger partial charge in [-0.1, -0.05) is 12.1 Å². The van der Waals surface area contributed by atoms with Crippen LogP contribution in [0.2, 0.25) is 0 Å². The van der Waals surface area contributed by atoms with Crippen LogP contribution >= 0.6 is 0 Å². The number of rotatable bonds is 8. The molecule has 2 aromatic heterocycles. The molecule has 0 saturated carbocycles. The molecule has 0 bridgehead atoms. The van der Waals surface area contributed by atoms with E-state index in [4.69, 9.17) is 4.74 Å². The van der Waals surface area contributed by atoms with E-state index in [1.54, 1.807) is 19.2 Å². The number of amides is 2. The number of ether oxygens (including phenoxy) is 1. The Balaban J connectivity index is 1.32. The summed E-state index contributed by atoms with van der Waals surface area (Å²) in [5.74, 6) is 0.787. The summed E-state index contributed by atoms with van der Waals surface area (Å²) < 4.78 is 7.87. The molecule has 0 aliphatic carbocycles. The van der Waals surface area contributed by atoms with Crippen molar-refractivity contribution in [1.82, 2.24) is 20.2 Å². The van der Waals surface area contributed by atoms with Gasteiger partial charge in [0.2, 0.25) is 0 Å². The van der Waals surface area contributed by atoms with Gasteiger partial charge in [0.15, 0.2) is 0 Å². The number of carbonyl (C=O) groups is 2. The molecule has 7 heteroatoms. The van der Waals surface area contributed by atoms with Gasteiger partial charge in [0.1, 0.15) is 17.2 Å². The summed E-state index contributed by atoms with van der Waals surface area (Å²) in [7, 11) is 1.55. The zero-order chi connectivity index (χ0) is 23.0. The molecule has 166 valence electrons. The molecule has 0 saturated heterocycles. The van der Waals surface area contributed by atoms with E-state index in [-0.39, 0.29) is 17.5 Å². The normalized spacial score (nSPS) is 10.5. The van der Waals surface area contributed by atoms with E-state index in [1.807, 2.05) is 77.6 Å². The largest absolute Gasteiger partial charge is 0.457 e. The first-order valence-electron chi connectivity index (χ1n) is 10.6. The lowest BCUT2D eigenvalue weighted by Crippen LogP contribution is -2.25. The van der Waals surface area contributed by atoms with E-state index in [9.17, 15) is 9.59 Å². The number of pyridine rings is 1. The van der Waals surface area contributed by atoms with Crippen LogP contribution in [-0.4, -0.2) is 35.0 Å². The first kappa shape index (κ1) is 21.8. The van der Waals surface area contributed by atoms with E-state index in [1.165, 1.54) is 6.20 Å². The van der Waals surface area contributed by atoms with Crippen molar-refractivity contribution in [3.63, 3.8) is 0 Å². The van der Waals surface area contributed by atoms with Crippen molar-refractivity contribution in [2.24, 2.45) is 0 Å². The molecule has 0 spiro atoms. The Morgan fingerprint density at radius 1 is 0.909 bits per heavy atom. The standard InChI is InChI=1S/C26H24N4O3/c1-27-26(32)24-18-23(12-14-28-24)33-22-6-4-5-19(17-22)11-13-29-25(31)20-7-9-21(10-8-20)30-15-2-3-16-30/h2-10,12,14-18H,11,13H2,1H3,(H,27,32)(H,29,31). The predicted molar refractivity (Wildman–Crippen MR) is 126 cm³/mol. The Bertz CT molecular complexity index is 1230. The molecule has 0 fully saturated rings. The Kier molecular flexibility index (Phi) is 6.80. The predicted octanol–water partition coefficient (Wildman–Crippen LogP) is 4.00. The zero-order valence-electron chi connectivity index (χ0n) is 18.2. The molecule has 0 atom stereocenters. The average Bonchev–Trinajstić information content (AvgIpc) is 3.39. The van der Waals surface area contributed by atoms with Gasteiger partial charge >= 0.3 is 0 Å². The molecule has 4 aromatic rings. The van der Waals surface area contributed by atoms with Crippen molar-refractivity contribution < 1.29 is 14.3 Å². The van der Waals surface area contributed by atoms with Gasteiger partial charge in [0.25, 0.3) is 11.8 Å². The lowest BCUT2D eigenvalue weighted by Gasteiger charge is -2.10. The maximum absolute atomic E-state index is 12.5. The summed E-state index contributed by atoms with van der Waals surface area (Å²) in [4.78, 5) is 28.3. The van der Waals surface area contributed by atoms with Crippen LogP contribution in [0.5, 0.6) is 11.5 Å². The van der Waals surface area contributed by atoms with Crippen LogP contribution in [0.3, 0.4) is 0 Å². The molecule has 0 radical (unpaired) electrons. The van der Waals surface area contributed by atoms with Crippen molar-refractivity contribution in [2.75, 3.05) is 13.6 Å². The van der Waals surface area contributed by atoms with Crippen molar-refractivity contribution in [3.05, 3.63) is 108 Å².